The SMILES string of the molecule is NC(=CC1=CC=CCC1(S(=O)(=O)O)S(=O)(=O)O)c1ccccc1. The summed E-state index contributed by atoms with van der Waals surface area (Å²) in [6.07, 6.45) is 4.28. The highest BCUT2D eigenvalue weighted by molar-refractivity contribution is 8.05. The van der Waals surface area contributed by atoms with Gasteiger partial charge in [0, 0.05) is 12.1 Å². The Morgan fingerprint density at radius 2 is 1.65 bits per heavy atom. The van der Waals surface area contributed by atoms with Crippen molar-refractivity contribution in [3.05, 3.63) is 65.8 Å². The van der Waals surface area contributed by atoms with Crippen LogP contribution in [-0.4, -0.2) is 30.0 Å². The number of hydrogen-bond acceptors (Lipinski definition) is 5. The standard InChI is InChI=1S/C14H15NO6S2/c15-13(11-6-2-1-3-7-11)10-12-8-4-5-9-14(12,22(16,17)18)23(19,20)21/h1-8,10H,9,15H2,(H,16,17,18)(H,19,20,21). The lowest BCUT2D eigenvalue weighted by atomic mass is 10.0. The predicted octanol–water partition coefficient (Wildman–Crippen LogP) is 1.34. The molecule has 0 spiro atoms. The monoisotopic (exact) mass is 357 g/mol. The van der Waals surface area contributed by atoms with Gasteiger partial charge in [-0.15, -0.1) is 0 Å². The molecule has 0 atom stereocenters. The fourth-order valence-electron chi connectivity index (χ4n) is 2.32. The van der Waals surface area contributed by atoms with Crippen molar-refractivity contribution in [2.75, 3.05) is 0 Å². The molecule has 0 saturated carbocycles. The first-order valence-electron chi connectivity index (χ1n) is 6.43. The normalized spacial score (nSPS) is 18.5. The van der Waals surface area contributed by atoms with Gasteiger partial charge in [-0.3, -0.25) is 9.11 Å². The lowest BCUT2D eigenvalue weighted by Gasteiger charge is -2.29. The zero-order valence-corrected chi connectivity index (χ0v) is 13.5. The van der Waals surface area contributed by atoms with Crippen LogP contribution >= 0.6 is 0 Å². The van der Waals surface area contributed by atoms with Gasteiger partial charge in [-0.1, -0.05) is 48.6 Å². The van der Waals surface area contributed by atoms with Crippen LogP contribution in [0.5, 0.6) is 0 Å². The molecule has 0 aliphatic heterocycles. The van der Waals surface area contributed by atoms with Crippen LogP contribution in [0.2, 0.25) is 0 Å². The summed E-state index contributed by atoms with van der Waals surface area (Å²) >= 11 is 0. The summed E-state index contributed by atoms with van der Waals surface area (Å²) in [6.45, 7) is 0. The Bertz CT molecular complexity index is 864. The Hall–Kier alpha value is -1.94. The Morgan fingerprint density at radius 1 is 1.09 bits per heavy atom. The number of rotatable bonds is 4. The first-order valence-corrected chi connectivity index (χ1v) is 9.31. The Balaban J connectivity index is 2.68. The first-order chi connectivity index (χ1) is 10.6. The highest BCUT2D eigenvalue weighted by Crippen LogP contribution is 2.39. The van der Waals surface area contributed by atoms with Gasteiger partial charge in [0.2, 0.25) is 0 Å². The van der Waals surface area contributed by atoms with E-state index < -0.39 is 30.7 Å². The van der Waals surface area contributed by atoms with Gasteiger partial charge in [0.25, 0.3) is 24.3 Å². The van der Waals surface area contributed by atoms with Crippen molar-refractivity contribution in [3.8, 4) is 0 Å². The van der Waals surface area contributed by atoms with Crippen molar-refractivity contribution in [3.63, 3.8) is 0 Å². The van der Waals surface area contributed by atoms with Gasteiger partial charge in [0.1, 0.15) is 0 Å². The molecule has 0 unspecified atom stereocenters. The molecule has 124 valence electrons. The van der Waals surface area contributed by atoms with Crippen LogP contribution in [0.15, 0.2) is 60.2 Å². The zero-order chi connectivity index (χ0) is 17.3. The van der Waals surface area contributed by atoms with Crippen molar-refractivity contribution in [1.29, 1.82) is 0 Å². The molecule has 23 heavy (non-hydrogen) atoms. The van der Waals surface area contributed by atoms with E-state index >= 15 is 0 Å². The molecule has 1 aliphatic carbocycles. The largest absolute Gasteiger partial charge is 0.398 e. The minimum atomic E-state index is -5.18. The van der Waals surface area contributed by atoms with E-state index in [-0.39, 0.29) is 11.3 Å². The van der Waals surface area contributed by atoms with Gasteiger partial charge >= 0.3 is 0 Å². The summed E-state index contributed by atoms with van der Waals surface area (Å²) in [7, 11) is -10.4. The van der Waals surface area contributed by atoms with Crippen LogP contribution in [0.4, 0.5) is 0 Å². The molecular weight excluding hydrogens is 342 g/mol. The second kappa shape index (κ2) is 5.93. The maximum Gasteiger partial charge on any atom is 0.292 e. The summed E-state index contributed by atoms with van der Waals surface area (Å²) in [4.78, 5) is 0. The van der Waals surface area contributed by atoms with E-state index in [2.05, 4.69) is 0 Å². The van der Waals surface area contributed by atoms with Crippen molar-refractivity contribution in [2.45, 2.75) is 10.5 Å². The van der Waals surface area contributed by atoms with Gasteiger partial charge in [-0.2, -0.15) is 16.8 Å². The molecule has 0 radical (unpaired) electrons. The molecule has 0 saturated heterocycles. The van der Waals surface area contributed by atoms with Crippen LogP contribution in [0.3, 0.4) is 0 Å². The molecule has 0 amide bonds. The molecular formula is C14H15NO6S2. The minimum Gasteiger partial charge on any atom is -0.398 e. The second-order valence-electron chi connectivity index (χ2n) is 4.92. The number of allylic oxidation sites excluding steroid dienone is 4. The predicted molar refractivity (Wildman–Crippen MR) is 86.3 cm³/mol. The lowest BCUT2D eigenvalue weighted by molar-refractivity contribution is 0.434. The summed E-state index contributed by atoms with van der Waals surface area (Å²) in [5.41, 5.74) is 6.15. The molecule has 1 aliphatic rings. The molecule has 7 nitrogen and oxygen atoms in total. The van der Waals surface area contributed by atoms with E-state index in [0.29, 0.717) is 5.56 Å². The third-order valence-electron chi connectivity index (χ3n) is 3.49. The van der Waals surface area contributed by atoms with Crippen LogP contribution in [0.1, 0.15) is 12.0 Å². The Kier molecular flexibility index (Phi) is 4.49. The van der Waals surface area contributed by atoms with E-state index in [1.807, 2.05) is 0 Å². The van der Waals surface area contributed by atoms with E-state index in [4.69, 9.17) is 5.73 Å². The zero-order valence-electron chi connectivity index (χ0n) is 11.8. The molecule has 0 heterocycles. The highest BCUT2D eigenvalue weighted by atomic mass is 32.3. The molecule has 4 N–H and O–H groups in total. The fraction of sp³-hybridized carbons (Fsp3) is 0.143. The summed E-state index contributed by atoms with van der Waals surface area (Å²) in [5, 5.41) is 0. The van der Waals surface area contributed by atoms with E-state index in [1.54, 1.807) is 30.3 Å². The van der Waals surface area contributed by atoms with Crippen LogP contribution in [0, 0.1) is 0 Å². The van der Waals surface area contributed by atoms with Gasteiger partial charge in [-0.25, -0.2) is 0 Å². The topological polar surface area (TPSA) is 135 Å². The molecule has 0 fully saturated rings. The third kappa shape index (κ3) is 3.08. The summed E-state index contributed by atoms with van der Waals surface area (Å²) in [5.74, 6) is 0. The maximum atomic E-state index is 11.8. The quantitative estimate of drug-likeness (QED) is 0.692. The summed E-state index contributed by atoms with van der Waals surface area (Å²) < 4.78 is 63.1. The van der Waals surface area contributed by atoms with E-state index in [9.17, 15) is 25.9 Å². The fourth-order valence-corrected chi connectivity index (χ4v) is 4.85. The second-order valence-corrected chi connectivity index (χ2v) is 8.48. The minimum absolute atomic E-state index is 0.0869. The van der Waals surface area contributed by atoms with Crippen molar-refractivity contribution in [1.82, 2.24) is 0 Å². The van der Waals surface area contributed by atoms with Crippen molar-refractivity contribution >= 4 is 25.9 Å². The van der Waals surface area contributed by atoms with Gasteiger partial charge in [0.05, 0.1) is 0 Å². The average Bonchev–Trinajstić information content (AvgIpc) is 2.46. The third-order valence-corrected chi connectivity index (χ3v) is 7.22. The average molecular weight is 357 g/mol. The van der Waals surface area contributed by atoms with Crippen molar-refractivity contribution < 1.29 is 25.9 Å². The molecule has 2 rings (SSSR count). The molecule has 0 bridgehead atoms. The molecule has 0 aromatic heterocycles. The number of benzene rings is 1. The van der Waals surface area contributed by atoms with Crippen molar-refractivity contribution in [2.24, 2.45) is 5.73 Å². The number of hydrogen-bond donors (Lipinski definition) is 3. The summed E-state index contributed by atoms with van der Waals surface area (Å²) in [6, 6.07) is 8.44. The molecule has 1 aromatic carbocycles. The smallest absolute Gasteiger partial charge is 0.292 e. The Morgan fingerprint density at radius 3 is 2.17 bits per heavy atom. The van der Waals surface area contributed by atoms with Gasteiger partial charge in [-0.05, 0) is 17.2 Å². The Labute approximate surface area is 134 Å². The van der Waals surface area contributed by atoms with Gasteiger partial charge in [0.15, 0.2) is 0 Å². The van der Waals surface area contributed by atoms with Gasteiger partial charge < -0.3 is 5.73 Å². The first kappa shape index (κ1) is 17.4. The highest BCUT2D eigenvalue weighted by Gasteiger charge is 2.56. The molecule has 1 aromatic rings. The number of nitrogens with two attached hydrogens (primary N) is 1. The van der Waals surface area contributed by atoms with Crippen LogP contribution < -0.4 is 5.73 Å². The lowest BCUT2D eigenvalue weighted by Crippen LogP contribution is -2.47. The van der Waals surface area contributed by atoms with Crippen LogP contribution in [-0.2, 0) is 20.2 Å². The van der Waals surface area contributed by atoms with E-state index in [0.717, 1.165) is 6.08 Å². The van der Waals surface area contributed by atoms with E-state index in [1.165, 1.54) is 18.2 Å². The molecule has 9 heteroatoms. The van der Waals surface area contributed by atoms with Crippen LogP contribution in [0.25, 0.3) is 5.70 Å². The maximum absolute atomic E-state index is 11.8.